The number of nitrogens with one attached hydrogen (secondary N) is 1. The maximum Gasteiger partial charge on any atom is 0.237 e. The molecule has 1 heterocycles. The van der Waals surface area contributed by atoms with Crippen LogP contribution in [0.1, 0.15) is 31.5 Å². The number of amides is 1. The maximum atomic E-state index is 12.4. The van der Waals surface area contributed by atoms with Crippen LogP contribution in [0.25, 0.3) is 0 Å². The molecule has 0 unspecified atom stereocenters. The van der Waals surface area contributed by atoms with E-state index in [0.717, 1.165) is 23.8 Å². The van der Waals surface area contributed by atoms with Gasteiger partial charge in [0.2, 0.25) is 5.91 Å². The highest BCUT2D eigenvalue weighted by Gasteiger charge is 2.30. The standard InChI is InChI=1S/C15H16Cl2N4OS/c1-8(14(22)18-12-10(16)4-3-5-11(12)17)23-15-20-19-13(21(15)2)9-6-7-9/h3-5,8-9H,6-7H2,1-2H3,(H,18,22)/t8-/m1/s1. The smallest absolute Gasteiger partial charge is 0.237 e. The van der Waals surface area contributed by atoms with Crippen LogP contribution < -0.4 is 5.32 Å². The minimum Gasteiger partial charge on any atom is -0.323 e. The molecule has 0 saturated heterocycles. The summed E-state index contributed by atoms with van der Waals surface area (Å²) in [4.78, 5) is 12.4. The number of halogens is 2. The largest absolute Gasteiger partial charge is 0.323 e. The molecule has 1 amide bonds. The van der Waals surface area contributed by atoms with Crippen LogP contribution in [0.5, 0.6) is 0 Å². The molecular weight excluding hydrogens is 355 g/mol. The number of rotatable bonds is 5. The summed E-state index contributed by atoms with van der Waals surface area (Å²) in [5.74, 6) is 1.34. The van der Waals surface area contributed by atoms with E-state index in [1.165, 1.54) is 11.8 Å². The van der Waals surface area contributed by atoms with Crippen molar-refractivity contribution in [2.24, 2.45) is 7.05 Å². The monoisotopic (exact) mass is 370 g/mol. The van der Waals surface area contributed by atoms with Gasteiger partial charge >= 0.3 is 0 Å². The first-order valence-electron chi connectivity index (χ1n) is 7.28. The third-order valence-electron chi connectivity index (χ3n) is 3.67. The fraction of sp³-hybridized carbons (Fsp3) is 0.400. The second-order valence-corrected chi connectivity index (χ2v) is 7.64. The molecule has 1 aliphatic rings. The summed E-state index contributed by atoms with van der Waals surface area (Å²) in [7, 11) is 1.94. The fourth-order valence-electron chi connectivity index (χ4n) is 2.18. The highest BCUT2D eigenvalue weighted by molar-refractivity contribution is 8.00. The highest BCUT2D eigenvalue weighted by Crippen LogP contribution is 2.40. The molecule has 1 N–H and O–H groups in total. The number of benzene rings is 1. The zero-order chi connectivity index (χ0) is 16.6. The van der Waals surface area contributed by atoms with E-state index in [1.54, 1.807) is 18.2 Å². The molecular formula is C15H16Cl2N4OS. The van der Waals surface area contributed by atoms with Crippen LogP contribution in [0.2, 0.25) is 10.0 Å². The van der Waals surface area contributed by atoms with E-state index in [4.69, 9.17) is 23.2 Å². The van der Waals surface area contributed by atoms with Crippen molar-refractivity contribution in [3.8, 4) is 0 Å². The van der Waals surface area contributed by atoms with Crippen molar-refractivity contribution in [2.45, 2.75) is 36.1 Å². The number of carbonyl (C=O) groups excluding carboxylic acids is 1. The third kappa shape index (κ3) is 3.65. The van der Waals surface area contributed by atoms with Crippen molar-refractivity contribution in [1.29, 1.82) is 0 Å². The quantitative estimate of drug-likeness (QED) is 0.804. The predicted octanol–water partition coefficient (Wildman–Crippen LogP) is 4.12. The number of anilines is 1. The summed E-state index contributed by atoms with van der Waals surface area (Å²) in [5, 5.41) is 12.4. The van der Waals surface area contributed by atoms with Crippen LogP contribution in [0.3, 0.4) is 0 Å². The summed E-state index contributed by atoms with van der Waals surface area (Å²) in [6.45, 7) is 1.82. The van der Waals surface area contributed by atoms with Gasteiger partial charge in [0.1, 0.15) is 5.82 Å². The van der Waals surface area contributed by atoms with E-state index in [1.807, 2.05) is 18.5 Å². The predicted molar refractivity (Wildman–Crippen MR) is 93.4 cm³/mol. The lowest BCUT2D eigenvalue weighted by Gasteiger charge is -2.13. The minimum absolute atomic E-state index is 0.180. The Kier molecular flexibility index (Phi) is 4.85. The molecule has 1 fully saturated rings. The molecule has 0 bridgehead atoms. The minimum atomic E-state index is -0.350. The third-order valence-corrected chi connectivity index (χ3v) is 5.44. The molecule has 1 aromatic heterocycles. The zero-order valence-electron chi connectivity index (χ0n) is 12.7. The van der Waals surface area contributed by atoms with Gasteiger partial charge in [-0.2, -0.15) is 0 Å². The van der Waals surface area contributed by atoms with Crippen molar-refractivity contribution >= 4 is 46.6 Å². The summed E-state index contributed by atoms with van der Waals surface area (Å²) in [6, 6.07) is 5.11. The molecule has 1 atom stereocenters. The van der Waals surface area contributed by atoms with Crippen LogP contribution in [-0.2, 0) is 11.8 Å². The van der Waals surface area contributed by atoms with Gasteiger partial charge in [-0.1, -0.05) is 41.0 Å². The first kappa shape index (κ1) is 16.6. The zero-order valence-corrected chi connectivity index (χ0v) is 15.0. The van der Waals surface area contributed by atoms with E-state index >= 15 is 0 Å². The second-order valence-electron chi connectivity index (χ2n) is 5.52. The van der Waals surface area contributed by atoms with Crippen LogP contribution in [-0.4, -0.2) is 25.9 Å². The Bertz CT molecular complexity index is 725. The molecule has 1 aliphatic carbocycles. The van der Waals surface area contributed by atoms with Crippen molar-refractivity contribution in [2.75, 3.05) is 5.32 Å². The molecule has 23 heavy (non-hydrogen) atoms. The molecule has 8 heteroatoms. The number of hydrogen-bond acceptors (Lipinski definition) is 4. The SMILES string of the molecule is C[C@@H](Sc1nnc(C2CC2)n1C)C(=O)Nc1c(Cl)cccc1Cl. The number of carbonyl (C=O) groups is 1. The van der Waals surface area contributed by atoms with E-state index in [0.29, 0.717) is 21.7 Å². The van der Waals surface area contributed by atoms with E-state index < -0.39 is 0 Å². The van der Waals surface area contributed by atoms with Gasteiger partial charge in [-0.05, 0) is 31.9 Å². The fourth-order valence-corrected chi connectivity index (χ4v) is 3.49. The number of thioether (sulfide) groups is 1. The van der Waals surface area contributed by atoms with Crippen LogP contribution in [0.15, 0.2) is 23.4 Å². The van der Waals surface area contributed by atoms with Crippen molar-refractivity contribution in [3.05, 3.63) is 34.1 Å². The Morgan fingerprint density at radius 2 is 2.00 bits per heavy atom. The van der Waals surface area contributed by atoms with Gasteiger partial charge in [-0.3, -0.25) is 4.79 Å². The lowest BCUT2D eigenvalue weighted by atomic mass is 10.3. The first-order valence-corrected chi connectivity index (χ1v) is 8.91. The van der Waals surface area contributed by atoms with Gasteiger partial charge in [-0.15, -0.1) is 10.2 Å². The van der Waals surface area contributed by atoms with Crippen LogP contribution in [0.4, 0.5) is 5.69 Å². The molecule has 0 radical (unpaired) electrons. The van der Waals surface area contributed by atoms with E-state index in [-0.39, 0.29) is 11.2 Å². The maximum absolute atomic E-state index is 12.4. The van der Waals surface area contributed by atoms with Crippen LogP contribution in [0, 0.1) is 0 Å². The number of aromatic nitrogens is 3. The Balaban J connectivity index is 1.68. The Morgan fingerprint density at radius 3 is 2.61 bits per heavy atom. The molecule has 122 valence electrons. The van der Waals surface area contributed by atoms with Crippen molar-refractivity contribution in [1.82, 2.24) is 14.8 Å². The van der Waals surface area contributed by atoms with Gasteiger partial charge < -0.3 is 9.88 Å². The number of nitrogens with zero attached hydrogens (tertiary/aromatic N) is 3. The lowest BCUT2D eigenvalue weighted by Crippen LogP contribution is -2.23. The average Bonchev–Trinajstić information content (AvgIpc) is 3.29. The van der Waals surface area contributed by atoms with E-state index in [9.17, 15) is 4.79 Å². The molecule has 5 nitrogen and oxygen atoms in total. The topological polar surface area (TPSA) is 59.8 Å². The normalized spacial score (nSPS) is 15.5. The molecule has 2 aromatic rings. The Labute approximate surface area is 148 Å². The summed E-state index contributed by atoms with van der Waals surface area (Å²) in [6.07, 6.45) is 2.33. The number of para-hydroxylation sites is 1. The molecule has 1 saturated carbocycles. The Hall–Kier alpha value is -1.24. The molecule has 0 aliphatic heterocycles. The first-order chi connectivity index (χ1) is 11.0. The molecule has 3 rings (SSSR count). The summed E-state index contributed by atoms with van der Waals surface area (Å²) < 4.78 is 1.97. The lowest BCUT2D eigenvalue weighted by molar-refractivity contribution is -0.115. The van der Waals surface area contributed by atoms with Crippen molar-refractivity contribution in [3.63, 3.8) is 0 Å². The summed E-state index contributed by atoms with van der Waals surface area (Å²) in [5.41, 5.74) is 0.435. The van der Waals surface area contributed by atoms with Gasteiger partial charge in [0, 0.05) is 13.0 Å². The van der Waals surface area contributed by atoms with E-state index in [2.05, 4.69) is 15.5 Å². The van der Waals surface area contributed by atoms with Gasteiger partial charge in [0.05, 0.1) is 21.0 Å². The van der Waals surface area contributed by atoms with Crippen LogP contribution >= 0.6 is 35.0 Å². The molecule has 1 aromatic carbocycles. The van der Waals surface area contributed by atoms with Gasteiger partial charge in [0.25, 0.3) is 0 Å². The van der Waals surface area contributed by atoms with Gasteiger partial charge in [-0.25, -0.2) is 0 Å². The van der Waals surface area contributed by atoms with Gasteiger partial charge in [0.15, 0.2) is 5.16 Å². The number of hydrogen-bond donors (Lipinski definition) is 1. The molecule has 0 spiro atoms. The average molecular weight is 371 g/mol. The Morgan fingerprint density at radius 1 is 1.35 bits per heavy atom. The second kappa shape index (κ2) is 6.71. The van der Waals surface area contributed by atoms with Crippen molar-refractivity contribution < 1.29 is 4.79 Å². The summed E-state index contributed by atoms with van der Waals surface area (Å²) >= 11 is 13.5. The highest BCUT2D eigenvalue weighted by atomic mass is 35.5.